The summed E-state index contributed by atoms with van der Waals surface area (Å²) in [6.07, 6.45) is 0. The van der Waals surface area contributed by atoms with E-state index in [-0.39, 0.29) is 0 Å². The maximum Gasteiger partial charge on any atom is 0.183 e. The van der Waals surface area contributed by atoms with Crippen molar-refractivity contribution in [2.24, 2.45) is 0 Å². The van der Waals surface area contributed by atoms with Gasteiger partial charge in [-0.2, -0.15) is 0 Å². The van der Waals surface area contributed by atoms with E-state index < -0.39 is 0 Å². The zero-order valence-electron chi connectivity index (χ0n) is 11.3. The van der Waals surface area contributed by atoms with E-state index >= 15 is 0 Å². The minimum Gasteiger partial charge on any atom is -0.362 e. The molecule has 0 radical (unpaired) electrons. The Morgan fingerprint density at radius 3 is 2.10 bits per heavy atom. The van der Waals surface area contributed by atoms with Gasteiger partial charge < -0.3 is 5.32 Å². The van der Waals surface area contributed by atoms with Crippen LogP contribution in [0.15, 0.2) is 60.7 Å². The first-order valence-corrected chi connectivity index (χ1v) is 7.55. The third-order valence-electron chi connectivity index (χ3n) is 3.04. The summed E-state index contributed by atoms with van der Waals surface area (Å²) in [7, 11) is 0. The van der Waals surface area contributed by atoms with Crippen molar-refractivity contribution in [2.45, 2.75) is 6.92 Å². The Bertz CT molecular complexity index is 618. The summed E-state index contributed by atoms with van der Waals surface area (Å²) in [6, 6.07) is 20.8. The summed E-state index contributed by atoms with van der Waals surface area (Å²) in [5.41, 5.74) is 3.43. The van der Waals surface area contributed by atoms with Crippen molar-refractivity contribution in [2.75, 3.05) is 11.9 Å². The molecule has 0 saturated carbocycles. The predicted molar refractivity (Wildman–Crippen MR) is 87.1 cm³/mol. The highest BCUT2D eigenvalue weighted by molar-refractivity contribution is 7.19. The Morgan fingerprint density at radius 2 is 1.50 bits per heavy atom. The fraction of sp³-hybridized carbons (Fsp3) is 0.118. The second-order valence-corrected chi connectivity index (χ2v) is 5.46. The first-order valence-electron chi connectivity index (χ1n) is 6.74. The molecule has 2 aromatic carbocycles. The van der Waals surface area contributed by atoms with Crippen LogP contribution in [0, 0.1) is 0 Å². The molecule has 3 heteroatoms. The summed E-state index contributed by atoms with van der Waals surface area (Å²) in [4.78, 5) is 5.97. The van der Waals surface area contributed by atoms with Gasteiger partial charge in [-0.3, -0.25) is 0 Å². The van der Waals surface area contributed by atoms with Gasteiger partial charge in [0.2, 0.25) is 0 Å². The fourth-order valence-corrected chi connectivity index (χ4v) is 3.18. The standard InChI is InChI=1S/C17H16N2S/c1-2-18-17-19-15(13-9-5-3-6-10-13)16(20-17)14-11-7-4-8-12-14/h3-12H,2H2,1H3,(H,18,19). The van der Waals surface area contributed by atoms with Crippen LogP contribution in [0.3, 0.4) is 0 Å². The van der Waals surface area contributed by atoms with Gasteiger partial charge in [-0.25, -0.2) is 4.98 Å². The zero-order valence-corrected chi connectivity index (χ0v) is 12.2. The third kappa shape index (κ3) is 2.58. The number of anilines is 1. The molecule has 3 rings (SSSR count). The van der Waals surface area contributed by atoms with Crippen molar-refractivity contribution in [3.63, 3.8) is 0 Å². The molecule has 100 valence electrons. The van der Waals surface area contributed by atoms with Crippen LogP contribution in [0.5, 0.6) is 0 Å². The van der Waals surface area contributed by atoms with Crippen molar-refractivity contribution >= 4 is 16.5 Å². The lowest BCUT2D eigenvalue weighted by Gasteiger charge is -2.02. The van der Waals surface area contributed by atoms with E-state index in [4.69, 9.17) is 4.98 Å². The molecule has 2 nitrogen and oxygen atoms in total. The molecule has 0 atom stereocenters. The van der Waals surface area contributed by atoms with Crippen molar-refractivity contribution in [3.05, 3.63) is 60.7 Å². The van der Waals surface area contributed by atoms with Gasteiger partial charge >= 0.3 is 0 Å². The molecule has 1 N–H and O–H groups in total. The highest BCUT2D eigenvalue weighted by atomic mass is 32.1. The van der Waals surface area contributed by atoms with Crippen molar-refractivity contribution in [3.8, 4) is 21.7 Å². The van der Waals surface area contributed by atoms with E-state index in [0.717, 1.165) is 22.9 Å². The number of nitrogens with one attached hydrogen (secondary N) is 1. The first-order chi connectivity index (χ1) is 9.88. The Balaban J connectivity index is 2.13. The molecule has 1 heterocycles. The Labute approximate surface area is 123 Å². The lowest BCUT2D eigenvalue weighted by Crippen LogP contribution is -1.94. The van der Waals surface area contributed by atoms with Crippen LogP contribution in [0.1, 0.15) is 6.92 Å². The van der Waals surface area contributed by atoms with Gasteiger partial charge in [0.25, 0.3) is 0 Å². The number of hydrogen-bond acceptors (Lipinski definition) is 3. The predicted octanol–water partition coefficient (Wildman–Crippen LogP) is 4.91. The minimum absolute atomic E-state index is 0.885. The van der Waals surface area contributed by atoms with Crippen LogP contribution < -0.4 is 5.32 Å². The molecule has 20 heavy (non-hydrogen) atoms. The van der Waals surface area contributed by atoms with Crippen LogP contribution in [-0.4, -0.2) is 11.5 Å². The van der Waals surface area contributed by atoms with Crippen LogP contribution in [-0.2, 0) is 0 Å². The number of nitrogens with zero attached hydrogens (tertiary/aromatic N) is 1. The van der Waals surface area contributed by atoms with Gasteiger partial charge in [-0.05, 0) is 12.5 Å². The number of hydrogen-bond donors (Lipinski definition) is 1. The molecule has 0 fully saturated rings. The number of rotatable bonds is 4. The van der Waals surface area contributed by atoms with Crippen LogP contribution >= 0.6 is 11.3 Å². The molecule has 1 aromatic heterocycles. The maximum absolute atomic E-state index is 4.75. The van der Waals surface area contributed by atoms with Crippen molar-refractivity contribution in [1.29, 1.82) is 0 Å². The monoisotopic (exact) mass is 280 g/mol. The summed E-state index contributed by atoms with van der Waals surface area (Å²) in [5.74, 6) is 0. The van der Waals surface area contributed by atoms with Gasteiger partial charge in [-0.1, -0.05) is 72.0 Å². The Hall–Kier alpha value is -2.13. The maximum atomic E-state index is 4.75. The zero-order chi connectivity index (χ0) is 13.8. The van der Waals surface area contributed by atoms with E-state index in [1.54, 1.807) is 11.3 Å². The van der Waals surface area contributed by atoms with Gasteiger partial charge in [0.05, 0.1) is 10.6 Å². The van der Waals surface area contributed by atoms with Gasteiger partial charge in [0.15, 0.2) is 5.13 Å². The SMILES string of the molecule is CCNc1nc(-c2ccccc2)c(-c2ccccc2)s1. The number of thiazole rings is 1. The molecule has 3 aromatic rings. The number of aromatic nitrogens is 1. The first kappa shape index (κ1) is 12.9. The normalized spacial score (nSPS) is 10.4. The second-order valence-electron chi connectivity index (χ2n) is 4.46. The van der Waals surface area contributed by atoms with E-state index in [0.29, 0.717) is 0 Å². The molecule has 0 spiro atoms. The molecule has 0 aliphatic carbocycles. The molecule has 0 aliphatic heterocycles. The van der Waals surface area contributed by atoms with Crippen molar-refractivity contribution < 1.29 is 0 Å². The topological polar surface area (TPSA) is 24.9 Å². The lowest BCUT2D eigenvalue weighted by molar-refractivity contribution is 1.19. The highest BCUT2D eigenvalue weighted by Gasteiger charge is 2.14. The average molecular weight is 280 g/mol. The summed E-state index contributed by atoms with van der Waals surface area (Å²) in [5, 5.41) is 4.29. The smallest absolute Gasteiger partial charge is 0.183 e. The van der Waals surface area contributed by atoms with E-state index in [2.05, 4.69) is 60.8 Å². The highest BCUT2D eigenvalue weighted by Crippen LogP contribution is 2.38. The Morgan fingerprint density at radius 1 is 0.900 bits per heavy atom. The third-order valence-corrected chi connectivity index (χ3v) is 4.10. The molecular weight excluding hydrogens is 264 g/mol. The summed E-state index contributed by atoms with van der Waals surface area (Å²) in [6.45, 7) is 2.97. The Kier molecular flexibility index (Phi) is 3.79. The average Bonchev–Trinajstić information content (AvgIpc) is 2.93. The van der Waals surface area contributed by atoms with E-state index in [1.807, 2.05) is 12.1 Å². The van der Waals surface area contributed by atoms with Gasteiger partial charge in [0.1, 0.15) is 0 Å². The molecule has 0 bridgehead atoms. The molecule has 0 amide bonds. The summed E-state index contributed by atoms with van der Waals surface area (Å²) >= 11 is 1.71. The minimum atomic E-state index is 0.885. The molecule has 0 aliphatic rings. The van der Waals surface area contributed by atoms with Crippen molar-refractivity contribution in [1.82, 2.24) is 4.98 Å². The van der Waals surface area contributed by atoms with E-state index in [1.165, 1.54) is 10.4 Å². The molecule has 0 unspecified atom stereocenters. The summed E-state index contributed by atoms with van der Waals surface area (Å²) < 4.78 is 0. The van der Waals surface area contributed by atoms with Gasteiger partial charge in [0, 0.05) is 12.1 Å². The number of benzene rings is 2. The lowest BCUT2D eigenvalue weighted by atomic mass is 10.1. The molecular formula is C17H16N2S. The van der Waals surface area contributed by atoms with E-state index in [9.17, 15) is 0 Å². The van der Waals surface area contributed by atoms with Gasteiger partial charge in [-0.15, -0.1) is 0 Å². The van der Waals surface area contributed by atoms with Crippen LogP contribution in [0.4, 0.5) is 5.13 Å². The second kappa shape index (κ2) is 5.88. The van der Waals surface area contributed by atoms with Crippen LogP contribution in [0.2, 0.25) is 0 Å². The molecule has 0 saturated heterocycles. The van der Waals surface area contributed by atoms with Crippen LogP contribution in [0.25, 0.3) is 21.7 Å². The fourth-order valence-electron chi connectivity index (χ4n) is 2.12. The quantitative estimate of drug-likeness (QED) is 0.734. The largest absolute Gasteiger partial charge is 0.362 e.